The average Bonchev–Trinajstić information content (AvgIpc) is 3.13. The molecule has 2 N–H and O–H groups in total. The number of nitrogens with one attached hydrogen (secondary N) is 1. The highest BCUT2D eigenvalue weighted by atomic mass is 16.5. The first kappa shape index (κ1) is 43.2. The maximum atomic E-state index is 13.7. The molecule has 0 aliphatic carbocycles. The number of carbonyl (C=O) groups excluding carboxylic acids is 2. The number of hydrogen-bond donors (Lipinski definition) is 2. The van der Waals surface area contributed by atoms with Crippen LogP contribution in [-0.2, 0) is 14.3 Å². The summed E-state index contributed by atoms with van der Waals surface area (Å²) in [4.78, 5) is 38.9. The smallest absolute Gasteiger partial charge is 0.307 e. The van der Waals surface area contributed by atoms with Gasteiger partial charge in [-0.25, -0.2) is 0 Å². The van der Waals surface area contributed by atoms with Crippen LogP contribution in [0.4, 0.5) is 0 Å². The fourth-order valence-electron chi connectivity index (χ4n) is 6.66. The van der Waals surface area contributed by atoms with Crippen LogP contribution in [0.25, 0.3) is 0 Å². The normalized spacial score (nSPS) is 13.1. The summed E-state index contributed by atoms with van der Waals surface area (Å²) < 4.78 is 6.58. The Balaban J connectivity index is 1.90. The lowest BCUT2D eigenvalue weighted by atomic mass is 9.96. The molecule has 0 saturated carbocycles. The Bertz CT molecular complexity index is 1140. The molecule has 6 heteroatoms. The van der Waals surface area contributed by atoms with Crippen LogP contribution in [0.3, 0.4) is 0 Å². The number of carboxylic acid groups (broad SMARTS) is 1. The lowest BCUT2D eigenvalue weighted by Crippen LogP contribution is -2.37. The van der Waals surface area contributed by atoms with Crippen molar-refractivity contribution in [2.24, 2.45) is 5.92 Å². The second-order valence-electron chi connectivity index (χ2n) is 14.3. The van der Waals surface area contributed by atoms with E-state index in [4.69, 9.17) is 4.74 Å². The minimum absolute atomic E-state index is 0.0388. The lowest BCUT2D eigenvalue weighted by molar-refractivity contribution is -0.144. The molecule has 2 rings (SSSR count). The molecule has 3 atom stereocenters. The van der Waals surface area contributed by atoms with Gasteiger partial charge in [-0.2, -0.15) is 0 Å². The Kier molecular flexibility index (Phi) is 24.8. The molecular formula is C44H69NO5. The van der Waals surface area contributed by atoms with Gasteiger partial charge in [0.2, 0.25) is 5.91 Å². The molecule has 0 bridgehead atoms. The number of carbonyl (C=O) groups is 3. The first-order chi connectivity index (χ1) is 24.5. The maximum absolute atomic E-state index is 13.7. The molecule has 1 amide bonds. The number of rotatable bonds is 32. The van der Waals surface area contributed by atoms with Crippen LogP contribution < -0.4 is 5.32 Å². The number of Topliss-reactive ketones (excluding diaryl/α,β-unsaturated/α-hetero) is 1. The van der Waals surface area contributed by atoms with E-state index in [0.29, 0.717) is 18.4 Å². The van der Waals surface area contributed by atoms with Crippen LogP contribution in [0.15, 0.2) is 60.7 Å². The van der Waals surface area contributed by atoms with E-state index in [9.17, 15) is 19.5 Å². The molecule has 50 heavy (non-hydrogen) atoms. The van der Waals surface area contributed by atoms with Crippen molar-refractivity contribution in [3.8, 4) is 0 Å². The molecule has 0 saturated heterocycles. The highest BCUT2D eigenvalue weighted by molar-refractivity contribution is 6.00. The third-order valence-electron chi connectivity index (χ3n) is 9.82. The number of ether oxygens (including phenoxy) is 1. The molecule has 0 aliphatic heterocycles. The molecule has 6 nitrogen and oxygen atoms in total. The number of carboxylic acids is 1. The standard InChI is InChI=1S/C44H69NO5/c1-3-5-7-9-11-13-14-15-16-17-19-23-33-39(44(48)49)35-41(46)45-36-40(34-28-20-18-12-10-8-6-4-2)50-43(38-31-26-22-27-32-38)42(47)37-29-24-21-25-30-37/h21-22,24-27,29-32,39-40,43H,3-20,23,28,33-36H2,1-2H3,(H,45,46)(H,48,49). The topological polar surface area (TPSA) is 92.7 Å². The van der Waals surface area contributed by atoms with Crippen LogP contribution in [-0.4, -0.2) is 35.4 Å². The second kappa shape index (κ2) is 28.7. The van der Waals surface area contributed by atoms with Crippen LogP contribution in [0, 0.1) is 5.92 Å². The van der Waals surface area contributed by atoms with E-state index in [-0.39, 0.29) is 30.8 Å². The summed E-state index contributed by atoms with van der Waals surface area (Å²) in [6.45, 7) is 4.72. The third kappa shape index (κ3) is 20.0. The minimum atomic E-state index is -0.910. The summed E-state index contributed by atoms with van der Waals surface area (Å²) in [5.74, 6) is -1.99. The molecule has 2 aromatic carbocycles. The number of unbranched alkanes of at least 4 members (excludes halogenated alkanes) is 18. The monoisotopic (exact) mass is 692 g/mol. The zero-order valence-corrected chi connectivity index (χ0v) is 31.6. The minimum Gasteiger partial charge on any atom is -0.481 e. The summed E-state index contributed by atoms with van der Waals surface area (Å²) in [6.07, 6.45) is 24.2. The largest absolute Gasteiger partial charge is 0.481 e. The first-order valence-corrected chi connectivity index (χ1v) is 20.2. The molecule has 0 radical (unpaired) electrons. The molecule has 3 unspecified atom stereocenters. The highest BCUT2D eigenvalue weighted by Gasteiger charge is 2.27. The number of amides is 1. The number of hydrogen-bond acceptors (Lipinski definition) is 4. The van der Waals surface area contributed by atoms with Crippen LogP contribution in [0.1, 0.15) is 184 Å². The molecular weight excluding hydrogens is 622 g/mol. The predicted octanol–water partition coefficient (Wildman–Crippen LogP) is 11.8. The molecule has 0 spiro atoms. The van der Waals surface area contributed by atoms with Gasteiger partial charge in [0.1, 0.15) is 6.10 Å². The fourth-order valence-corrected chi connectivity index (χ4v) is 6.66. The van der Waals surface area contributed by atoms with Crippen molar-refractivity contribution in [1.29, 1.82) is 0 Å². The summed E-state index contributed by atoms with van der Waals surface area (Å²) in [5.41, 5.74) is 1.36. The van der Waals surface area contributed by atoms with E-state index in [1.54, 1.807) is 12.1 Å². The Morgan fingerprint density at radius 2 is 1.04 bits per heavy atom. The highest BCUT2D eigenvalue weighted by Crippen LogP contribution is 2.26. The van der Waals surface area contributed by atoms with Crippen LogP contribution in [0.5, 0.6) is 0 Å². The van der Waals surface area contributed by atoms with Gasteiger partial charge in [-0.05, 0) is 18.4 Å². The first-order valence-electron chi connectivity index (χ1n) is 20.2. The van der Waals surface area contributed by atoms with E-state index in [1.807, 2.05) is 48.5 Å². The maximum Gasteiger partial charge on any atom is 0.307 e. The quantitative estimate of drug-likeness (QED) is 0.0588. The van der Waals surface area contributed by atoms with Gasteiger partial charge in [0, 0.05) is 18.5 Å². The fraction of sp³-hybridized carbons (Fsp3) is 0.659. The van der Waals surface area contributed by atoms with E-state index in [0.717, 1.165) is 44.1 Å². The lowest BCUT2D eigenvalue weighted by Gasteiger charge is -2.25. The Hall–Kier alpha value is -2.99. The van der Waals surface area contributed by atoms with Gasteiger partial charge in [-0.15, -0.1) is 0 Å². The Morgan fingerprint density at radius 3 is 1.52 bits per heavy atom. The van der Waals surface area contributed by atoms with E-state index < -0.39 is 18.0 Å². The molecule has 2 aromatic rings. The van der Waals surface area contributed by atoms with Gasteiger partial charge in [0.05, 0.1) is 12.0 Å². The van der Waals surface area contributed by atoms with E-state index in [1.165, 1.54) is 89.9 Å². The molecule has 0 heterocycles. The van der Waals surface area contributed by atoms with Crippen LogP contribution in [0.2, 0.25) is 0 Å². The Morgan fingerprint density at radius 1 is 0.600 bits per heavy atom. The van der Waals surface area contributed by atoms with Gasteiger partial charge in [-0.1, -0.05) is 203 Å². The predicted molar refractivity (Wildman–Crippen MR) is 207 cm³/mol. The average molecular weight is 692 g/mol. The zero-order valence-electron chi connectivity index (χ0n) is 31.6. The van der Waals surface area contributed by atoms with Gasteiger partial charge in [0.15, 0.2) is 5.78 Å². The van der Waals surface area contributed by atoms with Crippen molar-refractivity contribution in [2.75, 3.05) is 6.54 Å². The zero-order chi connectivity index (χ0) is 36.1. The summed E-state index contributed by atoms with van der Waals surface area (Å²) in [7, 11) is 0. The van der Waals surface area contributed by atoms with E-state index >= 15 is 0 Å². The summed E-state index contributed by atoms with van der Waals surface area (Å²) in [6, 6.07) is 18.7. The van der Waals surface area contributed by atoms with Crippen LogP contribution >= 0.6 is 0 Å². The molecule has 0 fully saturated rings. The van der Waals surface area contributed by atoms with Crippen molar-refractivity contribution in [1.82, 2.24) is 5.32 Å². The SMILES string of the molecule is CCCCCCCCCCCCCCC(CC(=O)NCC(CCCCCCCCCC)OC(C(=O)c1ccccc1)c1ccccc1)C(=O)O. The third-order valence-corrected chi connectivity index (χ3v) is 9.82. The van der Waals surface area contributed by atoms with Gasteiger partial charge in [0.25, 0.3) is 0 Å². The van der Waals surface area contributed by atoms with E-state index in [2.05, 4.69) is 19.2 Å². The number of ketones is 1. The summed E-state index contributed by atoms with van der Waals surface area (Å²) >= 11 is 0. The number of benzene rings is 2. The summed E-state index contributed by atoms with van der Waals surface area (Å²) in [5, 5.41) is 12.9. The number of aliphatic carboxylic acids is 1. The van der Waals surface area contributed by atoms with Crippen molar-refractivity contribution in [2.45, 2.75) is 174 Å². The van der Waals surface area contributed by atoms with Gasteiger partial charge in [-0.3, -0.25) is 14.4 Å². The molecule has 0 aromatic heterocycles. The van der Waals surface area contributed by atoms with Crippen molar-refractivity contribution in [3.05, 3.63) is 71.8 Å². The molecule has 0 aliphatic rings. The Labute approximate surface area is 304 Å². The van der Waals surface area contributed by atoms with Crippen molar-refractivity contribution < 1.29 is 24.2 Å². The molecule has 280 valence electrons. The van der Waals surface area contributed by atoms with Crippen molar-refractivity contribution >= 4 is 17.7 Å². The van der Waals surface area contributed by atoms with Gasteiger partial charge >= 0.3 is 5.97 Å². The second-order valence-corrected chi connectivity index (χ2v) is 14.3. The van der Waals surface area contributed by atoms with Gasteiger partial charge < -0.3 is 15.2 Å². The van der Waals surface area contributed by atoms with Crippen molar-refractivity contribution in [3.63, 3.8) is 0 Å².